The minimum Gasteiger partial charge on any atom is -0.366 e. The normalized spacial score (nSPS) is 17.9. The molecule has 1 aliphatic rings. The van der Waals surface area contributed by atoms with Crippen LogP contribution in [0.4, 0.5) is 5.69 Å². The number of hydrogen-bond donors (Lipinski definition) is 2. The lowest BCUT2D eigenvalue weighted by atomic mass is 10.1. The van der Waals surface area contributed by atoms with E-state index in [1.165, 1.54) is 0 Å². The van der Waals surface area contributed by atoms with Gasteiger partial charge in [0.05, 0.1) is 5.92 Å². The third-order valence-electron chi connectivity index (χ3n) is 3.52. The lowest BCUT2D eigenvalue weighted by molar-refractivity contribution is -0.128. The van der Waals surface area contributed by atoms with Gasteiger partial charge < -0.3 is 16.0 Å². The van der Waals surface area contributed by atoms with E-state index in [0.29, 0.717) is 24.3 Å². The standard InChI is InChI=1S/C15H19N3O3/c1-2-7-18-9-11(8-13(18)19)15(21)17-12-5-3-10(4-6-12)14(16)20/h3-6,11H,2,7-9H2,1H3,(H2,16,20)(H,17,21). The highest BCUT2D eigenvalue weighted by molar-refractivity contribution is 5.98. The van der Waals surface area contributed by atoms with Gasteiger partial charge in [-0.05, 0) is 30.7 Å². The Kier molecular flexibility index (Phi) is 4.57. The van der Waals surface area contributed by atoms with Gasteiger partial charge in [-0.15, -0.1) is 0 Å². The van der Waals surface area contributed by atoms with Crippen LogP contribution in [0.15, 0.2) is 24.3 Å². The molecule has 21 heavy (non-hydrogen) atoms. The number of primary amides is 1. The van der Waals surface area contributed by atoms with Crippen molar-refractivity contribution in [2.75, 3.05) is 18.4 Å². The Morgan fingerprint density at radius 1 is 1.33 bits per heavy atom. The molecule has 6 nitrogen and oxygen atoms in total. The van der Waals surface area contributed by atoms with Crippen LogP contribution >= 0.6 is 0 Å². The minimum atomic E-state index is -0.510. The van der Waals surface area contributed by atoms with Crippen LogP contribution < -0.4 is 11.1 Å². The van der Waals surface area contributed by atoms with Crippen LogP contribution in [0, 0.1) is 5.92 Å². The summed E-state index contributed by atoms with van der Waals surface area (Å²) in [6.07, 6.45) is 1.14. The molecule has 0 aliphatic carbocycles. The molecule has 1 saturated heterocycles. The zero-order valence-corrected chi connectivity index (χ0v) is 12.0. The van der Waals surface area contributed by atoms with Crippen molar-refractivity contribution < 1.29 is 14.4 Å². The monoisotopic (exact) mass is 289 g/mol. The lowest BCUT2D eigenvalue weighted by Gasteiger charge is -2.15. The molecular formula is C15H19N3O3. The summed E-state index contributed by atoms with van der Waals surface area (Å²) in [5.41, 5.74) is 6.13. The molecule has 0 saturated carbocycles. The molecule has 1 aromatic rings. The van der Waals surface area contributed by atoms with Gasteiger partial charge in [0.2, 0.25) is 17.7 Å². The Balaban J connectivity index is 1.95. The molecule has 1 aromatic carbocycles. The number of nitrogens with one attached hydrogen (secondary N) is 1. The fraction of sp³-hybridized carbons (Fsp3) is 0.400. The second-order valence-electron chi connectivity index (χ2n) is 5.17. The van der Waals surface area contributed by atoms with Crippen molar-refractivity contribution in [1.82, 2.24) is 4.90 Å². The number of carbonyl (C=O) groups is 3. The fourth-order valence-electron chi connectivity index (χ4n) is 2.40. The van der Waals surface area contributed by atoms with Crippen molar-refractivity contribution in [3.05, 3.63) is 29.8 Å². The molecule has 1 aliphatic heterocycles. The molecule has 6 heteroatoms. The molecule has 1 heterocycles. The number of anilines is 1. The Labute approximate surface area is 123 Å². The van der Waals surface area contributed by atoms with E-state index in [-0.39, 0.29) is 24.2 Å². The van der Waals surface area contributed by atoms with Crippen LogP contribution in [0.3, 0.4) is 0 Å². The van der Waals surface area contributed by atoms with Gasteiger partial charge in [-0.3, -0.25) is 14.4 Å². The summed E-state index contributed by atoms with van der Waals surface area (Å²) < 4.78 is 0. The second-order valence-corrected chi connectivity index (χ2v) is 5.17. The van der Waals surface area contributed by atoms with Gasteiger partial charge in [-0.2, -0.15) is 0 Å². The van der Waals surface area contributed by atoms with Gasteiger partial charge in [0, 0.05) is 30.8 Å². The molecule has 1 atom stereocenters. The average molecular weight is 289 g/mol. The zero-order valence-electron chi connectivity index (χ0n) is 12.0. The van der Waals surface area contributed by atoms with Gasteiger partial charge in [0.15, 0.2) is 0 Å². The molecule has 0 spiro atoms. The second kappa shape index (κ2) is 6.39. The van der Waals surface area contributed by atoms with Gasteiger partial charge >= 0.3 is 0 Å². The van der Waals surface area contributed by atoms with Crippen LogP contribution in [-0.2, 0) is 9.59 Å². The Hall–Kier alpha value is -2.37. The number of benzene rings is 1. The predicted octanol–water partition coefficient (Wildman–Crippen LogP) is 0.982. The van der Waals surface area contributed by atoms with Crippen LogP contribution in [0.5, 0.6) is 0 Å². The SMILES string of the molecule is CCCN1CC(C(=O)Nc2ccc(C(N)=O)cc2)CC1=O. The van der Waals surface area contributed by atoms with E-state index in [1.807, 2.05) is 6.92 Å². The third kappa shape index (κ3) is 3.59. The first-order valence-corrected chi connectivity index (χ1v) is 6.99. The van der Waals surface area contributed by atoms with E-state index < -0.39 is 5.91 Å². The quantitative estimate of drug-likeness (QED) is 0.846. The van der Waals surface area contributed by atoms with Crippen LogP contribution in [0.1, 0.15) is 30.1 Å². The Morgan fingerprint density at radius 3 is 2.57 bits per heavy atom. The number of hydrogen-bond acceptors (Lipinski definition) is 3. The molecule has 112 valence electrons. The first kappa shape index (κ1) is 15.0. The van der Waals surface area contributed by atoms with Crippen LogP contribution in [-0.4, -0.2) is 35.7 Å². The van der Waals surface area contributed by atoms with E-state index >= 15 is 0 Å². The highest BCUT2D eigenvalue weighted by Gasteiger charge is 2.33. The molecule has 0 radical (unpaired) electrons. The van der Waals surface area contributed by atoms with Crippen molar-refractivity contribution >= 4 is 23.4 Å². The van der Waals surface area contributed by atoms with E-state index in [9.17, 15) is 14.4 Å². The molecule has 0 aromatic heterocycles. The van der Waals surface area contributed by atoms with E-state index in [2.05, 4.69) is 5.32 Å². The van der Waals surface area contributed by atoms with Gasteiger partial charge in [-0.25, -0.2) is 0 Å². The van der Waals surface area contributed by atoms with Crippen LogP contribution in [0.25, 0.3) is 0 Å². The van der Waals surface area contributed by atoms with Gasteiger partial charge in [0.25, 0.3) is 0 Å². The maximum absolute atomic E-state index is 12.1. The fourth-order valence-corrected chi connectivity index (χ4v) is 2.40. The Bertz CT molecular complexity index is 554. The number of carbonyl (C=O) groups excluding carboxylic acids is 3. The Morgan fingerprint density at radius 2 is 2.00 bits per heavy atom. The lowest BCUT2D eigenvalue weighted by Crippen LogP contribution is -2.28. The highest BCUT2D eigenvalue weighted by Crippen LogP contribution is 2.20. The van der Waals surface area contributed by atoms with E-state index in [1.54, 1.807) is 29.2 Å². The molecule has 1 fully saturated rings. The number of rotatable bonds is 5. The topological polar surface area (TPSA) is 92.5 Å². The first-order valence-electron chi connectivity index (χ1n) is 6.99. The van der Waals surface area contributed by atoms with Gasteiger partial charge in [-0.1, -0.05) is 6.92 Å². The van der Waals surface area contributed by atoms with Crippen molar-refractivity contribution in [3.63, 3.8) is 0 Å². The summed E-state index contributed by atoms with van der Waals surface area (Å²) in [6.45, 7) is 3.16. The van der Waals surface area contributed by atoms with Crippen molar-refractivity contribution in [2.45, 2.75) is 19.8 Å². The van der Waals surface area contributed by atoms with Crippen LogP contribution in [0.2, 0.25) is 0 Å². The summed E-state index contributed by atoms with van der Waals surface area (Å²) in [6, 6.07) is 6.36. The predicted molar refractivity (Wildman–Crippen MR) is 78.6 cm³/mol. The van der Waals surface area contributed by atoms with Gasteiger partial charge in [0.1, 0.15) is 0 Å². The molecular weight excluding hydrogens is 270 g/mol. The molecule has 3 amide bonds. The number of nitrogens with zero attached hydrogens (tertiary/aromatic N) is 1. The number of nitrogens with two attached hydrogens (primary N) is 1. The molecule has 0 bridgehead atoms. The highest BCUT2D eigenvalue weighted by atomic mass is 16.2. The van der Waals surface area contributed by atoms with E-state index in [4.69, 9.17) is 5.73 Å². The summed E-state index contributed by atoms with van der Waals surface area (Å²) in [7, 11) is 0. The first-order chi connectivity index (χ1) is 10.0. The zero-order chi connectivity index (χ0) is 15.4. The van der Waals surface area contributed by atoms with E-state index in [0.717, 1.165) is 6.42 Å². The molecule has 3 N–H and O–H groups in total. The van der Waals surface area contributed by atoms with Crippen molar-refractivity contribution in [3.8, 4) is 0 Å². The summed E-state index contributed by atoms with van der Waals surface area (Å²) >= 11 is 0. The maximum Gasteiger partial charge on any atom is 0.248 e. The minimum absolute atomic E-state index is 0.0288. The molecule has 1 unspecified atom stereocenters. The average Bonchev–Trinajstić information content (AvgIpc) is 2.81. The number of amides is 3. The summed E-state index contributed by atoms with van der Waals surface area (Å²) in [5.74, 6) is -0.973. The number of likely N-dealkylation sites (tertiary alicyclic amines) is 1. The molecule has 2 rings (SSSR count). The maximum atomic E-state index is 12.1. The third-order valence-corrected chi connectivity index (χ3v) is 3.52. The summed E-state index contributed by atoms with van der Waals surface area (Å²) in [5, 5.41) is 2.76. The van der Waals surface area contributed by atoms with Crippen molar-refractivity contribution in [1.29, 1.82) is 0 Å². The summed E-state index contributed by atoms with van der Waals surface area (Å²) in [4.78, 5) is 36.6. The van der Waals surface area contributed by atoms with Crippen molar-refractivity contribution in [2.24, 2.45) is 11.7 Å². The largest absolute Gasteiger partial charge is 0.366 e. The smallest absolute Gasteiger partial charge is 0.248 e.